The van der Waals surface area contributed by atoms with Crippen LogP contribution in [0.25, 0.3) is 0 Å². The molecule has 0 aromatic rings. The van der Waals surface area contributed by atoms with Crippen molar-refractivity contribution in [2.45, 2.75) is 26.2 Å². The van der Waals surface area contributed by atoms with Crippen molar-refractivity contribution < 1.29 is 14.7 Å². The quantitative estimate of drug-likeness (QED) is 0.650. The lowest BCUT2D eigenvalue weighted by molar-refractivity contribution is -0.142. The van der Waals surface area contributed by atoms with E-state index in [1.54, 1.807) is 0 Å². The molecule has 0 amide bonds. The fourth-order valence-corrected chi connectivity index (χ4v) is 1.31. The number of carboxylic acids is 1. The van der Waals surface area contributed by atoms with Crippen LogP contribution in [0.3, 0.4) is 0 Å². The molecule has 0 saturated heterocycles. The second-order valence-electron chi connectivity index (χ2n) is 3.04. The van der Waals surface area contributed by atoms with Crippen LogP contribution in [0.5, 0.6) is 0 Å². The summed E-state index contributed by atoms with van der Waals surface area (Å²) in [6.45, 7) is 1.74. The van der Waals surface area contributed by atoms with Crippen LogP contribution in [0, 0.1) is 5.92 Å². The monoisotopic (exact) mass is 171 g/mol. The Kier molecular flexibility index (Phi) is 3.08. The van der Waals surface area contributed by atoms with Crippen molar-refractivity contribution in [3.8, 4) is 0 Å². The number of carbonyl (C=O) groups is 1. The first kappa shape index (κ1) is 9.03. The maximum absolute atomic E-state index is 10.1. The van der Waals surface area contributed by atoms with Crippen LogP contribution in [0.2, 0.25) is 0 Å². The number of rotatable bonds is 3. The highest BCUT2D eigenvalue weighted by Gasteiger charge is 2.18. The molecule has 4 nitrogen and oxygen atoms in total. The van der Waals surface area contributed by atoms with Crippen LogP contribution in [0.1, 0.15) is 26.2 Å². The van der Waals surface area contributed by atoms with Gasteiger partial charge in [-0.2, -0.15) is 0 Å². The SMILES string of the molecule is CC1CCC/C1=N\OCC(=O)O. The minimum Gasteiger partial charge on any atom is -0.479 e. The maximum atomic E-state index is 10.1. The summed E-state index contributed by atoms with van der Waals surface area (Å²) in [6.07, 6.45) is 3.21. The molecule has 0 heterocycles. The zero-order valence-corrected chi connectivity index (χ0v) is 7.12. The Hall–Kier alpha value is -1.06. The van der Waals surface area contributed by atoms with Crippen molar-refractivity contribution >= 4 is 11.7 Å². The van der Waals surface area contributed by atoms with Gasteiger partial charge in [0.1, 0.15) is 0 Å². The fourth-order valence-electron chi connectivity index (χ4n) is 1.31. The van der Waals surface area contributed by atoms with E-state index in [9.17, 15) is 4.79 Å². The van der Waals surface area contributed by atoms with Gasteiger partial charge in [0.05, 0.1) is 5.71 Å². The molecule has 1 rings (SSSR count). The Bertz CT molecular complexity index is 200. The van der Waals surface area contributed by atoms with E-state index < -0.39 is 5.97 Å². The molecular weight excluding hydrogens is 158 g/mol. The minimum atomic E-state index is -0.981. The average molecular weight is 171 g/mol. The van der Waals surface area contributed by atoms with Gasteiger partial charge in [-0.15, -0.1) is 0 Å². The van der Waals surface area contributed by atoms with Crippen LogP contribution < -0.4 is 0 Å². The van der Waals surface area contributed by atoms with Gasteiger partial charge in [0.15, 0.2) is 0 Å². The zero-order valence-electron chi connectivity index (χ0n) is 7.12. The third kappa shape index (κ3) is 2.53. The summed E-state index contributed by atoms with van der Waals surface area (Å²) in [5.41, 5.74) is 0.997. The summed E-state index contributed by atoms with van der Waals surface area (Å²) in [5, 5.41) is 12.0. The highest BCUT2D eigenvalue weighted by Crippen LogP contribution is 2.21. The van der Waals surface area contributed by atoms with E-state index in [1.807, 2.05) is 0 Å². The van der Waals surface area contributed by atoms with E-state index in [4.69, 9.17) is 5.11 Å². The number of hydrogen-bond donors (Lipinski definition) is 1. The van der Waals surface area contributed by atoms with Gasteiger partial charge in [-0.05, 0) is 25.2 Å². The number of aliphatic carboxylic acids is 1. The first-order valence-electron chi connectivity index (χ1n) is 4.10. The van der Waals surface area contributed by atoms with Gasteiger partial charge in [0, 0.05) is 0 Å². The van der Waals surface area contributed by atoms with Crippen LogP contribution >= 0.6 is 0 Å². The van der Waals surface area contributed by atoms with Gasteiger partial charge in [0.2, 0.25) is 6.61 Å². The van der Waals surface area contributed by atoms with Gasteiger partial charge in [-0.1, -0.05) is 12.1 Å². The molecule has 1 aliphatic carbocycles. The molecule has 4 heteroatoms. The molecule has 0 aromatic heterocycles. The lowest BCUT2D eigenvalue weighted by Crippen LogP contribution is -2.07. The highest BCUT2D eigenvalue weighted by atomic mass is 16.6. The fraction of sp³-hybridized carbons (Fsp3) is 0.750. The Labute approximate surface area is 71.2 Å². The summed E-state index contributed by atoms with van der Waals surface area (Å²) < 4.78 is 0. The minimum absolute atomic E-state index is 0.337. The van der Waals surface area contributed by atoms with Gasteiger partial charge in [0.25, 0.3) is 0 Å². The molecule has 0 aromatic carbocycles. The highest BCUT2D eigenvalue weighted by molar-refractivity contribution is 5.87. The molecule has 1 saturated carbocycles. The molecule has 1 atom stereocenters. The molecule has 1 aliphatic rings. The topological polar surface area (TPSA) is 58.9 Å². The number of carboxylic acid groups (broad SMARTS) is 1. The number of hydrogen-bond acceptors (Lipinski definition) is 3. The smallest absolute Gasteiger partial charge is 0.344 e. The van der Waals surface area contributed by atoms with Crippen molar-refractivity contribution in [3.05, 3.63) is 0 Å². The molecule has 68 valence electrons. The molecule has 0 radical (unpaired) electrons. The second-order valence-corrected chi connectivity index (χ2v) is 3.04. The van der Waals surface area contributed by atoms with Crippen molar-refractivity contribution in [3.63, 3.8) is 0 Å². The molecule has 1 unspecified atom stereocenters. The Morgan fingerprint density at radius 3 is 3.08 bits per heavy atom. The lowest BCUT2D eigenvalue weighted by atomic mass is 10.1. The van der Waals surface area contributed by atoms with Crippen molar-refractivity contribution in [1.29, 1.82) is 0 Å². The van der Waals surface area contributed by atoms with Gasteiger partial charge in [-0.25, -0.2) is 4.79 Å². The Morgan fingerprint density at radius 1 is 1.83 bits per heavy atom. The van der Waals surface area contributed by atoms with Crippen LogP contribution in [0.15, 0.2) is 5.16 Å². The van der Waals surface area contributed by atoms with Crippen molar-refractivity contribution in [1.82, 2.24) is 0 Å². The van der Waals surface area contributed by atoms with Crippen LogP contribution in [0.4, 0.5) is 0 Å². The summed E-state index contributed by atoms with van der Waals surface area (Å²) in [6, 6.07) is 0. The van der Waals surface area contributed by atoms with E-state index in [-0.39, 0.29) is 6.61 Å². The third-order valence-electron chi connectivity index (χ3n) is 2.01. The summed E-state index contributed by atoms with van der Waals surface area (Å²) in [5.74, 6) is -0.524. The van der Waals surface area contributed by atoms with Gasteiger partial charge < -0.3 is 9.94 Å². The summed E-state index contributed by atoms with van der Waals surface area (Å²) >= 11 is 0. The zero-order chi connectivity index (χ0) is 8.97. The van der Waals surface area contributed by atoms with E-state index in [0.717, 1.165) is 25.0 Å². The van der Waals surface area contributed by atoms with E-state index >= 15 is 0 Å². The first-order valence-corrected chi connectivity index (χ1v) is 4.10. The maximum Gasteiger partial charge on any atom is 0.344 e. The van der Waals surface area contributed by atoms with E-state index in [0.29, 0.717) is 5.92 Å². The molecule has 0 aliphatic heterocycles. The molecule has 12 heavy (non-hydrogen) atoms. The van der Waals surface area contributed by atoms with Crippen molar-refractivity contribution in [2.24, 2.45) is 11.1 Å². The average Bonchev–Trinajstić information content (AvgIpc) is 2.36. The number of oxime groups is 1. The molecule has 1 fully saturated rings. The molecule has 0 spiro atoms. The van der Waals surface area contributed by atoms with Gasteiger partial charge >= 0.3 is 5.97 Å². The summed E-state index contributed by atoms with van der Waals surface area (Å²) in [4.78, 5) is 14.7. The summed E-state index contributed by atoms with van der Waals surface area (Å²) in [7, 11) is 0. The Morgan fingerprint density at radius 2 is 2.58 bits per heavy atom. The van der Waals surface area contributed by atoms with E-state index in [1.165, 1.54) is 0 Å². The van der Waals surface area contributed by atoms with Gasteiger partial charge in [-0.3, -0.25) is 0 Å². The second kappa shape index (κ2) is 4.09. The molecular formula is C8H13NO3. The van der Waals surface area contributed by atoms with E-state index in [2.05, 4.69) is 16.9 Å². The number of nitrogens with zero attached hydrogens (tertiary/aromatic N) is 1. The van der Waals surface area contributed by atoms with Crippen molar-refractivity contribution in [2.75, 3.05) is 6.61 Å². The molecule has 1 N–H and O–H groups in total. The normalized spacial score (nSPS) is 26.1. The Balaban J connectivity index is 2.31. The largest absolute Gasteiger partial charge is 0.479 e. The van der Waals surface area contributed by atoms with Crippen LogP contribution in [-0.2, 0) is 9.63 Å². The molecule has 0 bridgehead atoms. The lowest BCUT2D eigenvalue weighted by Gasteiger charge is -2.01. The predicted molar refractivity (Wildman–Crippen MR) is 44.0 cm³/mol. The third-order valence-corrected chi connectivity index (χ3v) is 2.01. The first-order chi connectivity index (χ1) is 5.70. The standard InChI is InChI=1S/C8H13NO3/c1-6-3-2-4-7(6)9-12-5-8(10)11/h6H,2-5H2,1H3,(H,10,11)/b9-7+. The predicted octanol–water partition coefficient (Wildman–Crippen LogP) is 1.26. The van der Waals surface area contributed by atoms with Crippen LogP contribution in [-0.4, -0.2) is 23.4 Å².